The predicted octanol–water partition coefficient (Wildman–Crippen LogP) is 4.76. The van der Waals surface area contributed by atoms with Crippen LogP contribution in [0.2, 0.25) is 0 Å². The fourth-order valence-electron chi connectivity index (χ4n) is 3.03. The highest BCUT2D eigenvalue weighted by Crippen LogP contribution is 2.31. The zero-order chi connectivity index (χ0) is 12.3. The van der Waals surface area contributed by atoms with Crippen LogP contribution in [0.5, 0.6) is 0 Å². The highest BCUT2D eigenvalue weighted by atomic mass is 35.5. The van der Waals surface area contributed by atoms with Crippen molar-refractivity contribution in [2.24, 2.45) is 5.41 Å². The van der Waals surface area contributed by atoms with Crippen molar-refractivity contribution in [3.8, 4) is 0 Å². The van der Waals surface area contributed by atoms with E-state index in [1.807, 2.05) is 0 Å². The maximum absolute atomic E-state index is 6.15. The lowest BCUT2D eigenvalue weighted by Gasteiger charge is -2.27. The van der Waals surface area contributed by atoms with Gasteiger partial charge in [-0.25, -0.2) is 0 Å². The first-order valence-corrected chi connectivity index (χ1v) is 7.37. The van der Waals surface area contributed by atoms with Crippen molar-refractivity contribution in [1.29, 1.82) is 0 Å². The summed E-state index contributed by atoms with van der Waals surface area (Å²) < 4.78 is 0. The van der Waals surface area contributed by atoms with E-state index in [-0.39, 0.29) is 5.41 Å². The van der Waals surface area contributed by atoms with Crippen molar-refractivity contribution in [3.05, 3.63) is 34.9 Å². The number of alkyl halides is 1. The maximum atomic E-state index is 6.15. The van der Waals surface area contributed by atoms with Gasteiger partial charge in [0.25, 0.3) is 0 Å². The summed E-state index contributed by atoms with van der Waals surface area (Å²) >= 11 is 6.15. The molecule has 1 heteroatoms. The monoisotopic (exact) mass is 250 g/mol. The maximum Gasteiger partial charge on any atom is 0.0280 e. The molecule has 1 aromatic rings. The van der Waals surface area contributed by atoms with Crippen molar-refractivity contribution in [3.63, 3.8) is 0 Å². The molecule has 94 valence electrons. The largest absolute Gasteiger partial charge is 0.126 e. The van der Waals surface area contributed by atoms with E-state index in [4.69, 9.17) is 11.6 Å². The van der Waals surface area contributed by atoms with Crippen molar-refractivity contribution in [1.82, 2.24) is 0 Å². The molecule has 2 rings (SSSR count). The lowest BCUT2D eigenvalue weighted by atomic mass is 9.81. The molecule has 0 amide bonds. The zero-order valence-corrected chi connectivity index (χ0v) is 11.8. The summed E-state index contributed by atoms with van der Waals surface area (Å²) in [6.45, 7) is 4.56. The van der Waals surface area contributed by atoms with E-state index < -0.39 is 0 Å². The van der Waals surface area contributed by atoms with E-state index in [2.05, 4.69) is 32.0 Å². The Balaban J connectivity index is 2.12. The van der Waals surface area contributed by atoms with Gasteiger partial charge in [0.15, 0.2) is 0 Å². The second kappa shape index (κ2) is 5.44. The van der Waals surface area contributed by atoms with Crippen molar-refractivity contribution < 1.29 is 0 Å². The highest BCUT2D eigenvalue weighted by Gasteiger charge is 2.23. The number of halogens is 1. The predicted molar refractivity (Wildman–Crippen MR) is 75.9 cm³/mol. The second-order valence-electron chi connectivity index (χ2n) is 5.83. The van der Waals surface area contributed by atoms with Crippen LogP contribution in [0.25, 0.3) is 0 Å². The third kappa shape index (κ3) is 3.04. The van der Waals surface area contributed by atoms with Gasteiger partial charge in [0, 0.05) is 5.88 Å². The van der Waals surface area contributed by atoms with Crippen LogP contribution in [-0.2, 0) is 19.3 Å². The third-order valence-electron chi connectivity index (χ3n) is 3.97. The minimum atomic E-state index is 0.267. The number of benzene rings is 1. The molecule has 1 aliphatic rings. The first-order chi connectivity index (χ1) is 8.17. The van der Waals surface area contributed by atoms with Crippen molar-refractivity contribution in [2.75, 3.05) is 5.88 Å². The zero-order valence-electron chi connectivity index (χ0n) is 11.1. The normalized spacial score (nSPS) is 17.8. The summed E-state index contributed by atoms with van der Waals surface area (Å²) in [5, 5.41) is 0. The quantitative estimate of drug-likeness (QED) is 0.661. The summed E-state index contributed by atoms with van der Waals surface area (Å²) in [6, 6.07) is 7.06. The van der Waals surface area contributed by atoms with Gasteiger partial charge >= 0.3 is 0 Å². The van der Waals surface area contributed by atoms with Gasteiger partial charge in [-0.15, -0.1) is 11.6 Å². The topological polar surface area (TPSA) is 0 Å². The molecule has 1 aromatic carbocycles. The second-order valence-corrected chi connectivity index (χ2v) is 6.09. The first-order valence-electron chi connectivity index (χ1n) is 6.83. The third-order valence-corrected chi connectivity index (χ3v) is 4.62. The lowest BCUT2D eigenvalue weighted by Crippen LogP contribution is -2.21. The molecule has 0 aliphatic heterocycles. The van der Waals surface area contributed by atoms with Crippen LogP contribution in [0.15, 0.2) is 18.2 Å². The van der Waals surface area contributed by atoms with Crippen LogP contribution >= 0.6 is 11.6 Å². The molecule has 1 unspecified atom stereocenters. The minimum Gasteiger partial charge on any atom is -0.126 e. The molecule has 1 atom stereocenters. The Kier molecular flexibility index (Phi) is 4.14. The Bertz CT molecular complexity index is 383. The Morgan fingerprint density at radius 2 is 2.00 bits per heavy atom. The average molecular weight is 251 g/mol. The van der Waals surface area contributed by atoms with E-state index in [1.165, 1.54) is 37.7 Å². The van der Waals surface area contributed by atoms with Gasteiger partial charge in [0.2, 0.25) is 0 Å². The average Bonchev–Trinajstić information content (AvgIpc) is 2.76. The number of rotatable bonds is 5. The van der Waals surface area contributed by atoms with E-state index in [0.29, 0.717) is 0 Å². The number of fused-ring (bicyclic) bond motifs is 1. The molecule has 0 spiro atoms. The van der Waals surface area contributed by atoms with Crippen LogP contribution in [-0.4, -0.2) is 5.88 Å². The molecule has 0 radical (unpaired) electrons. The van der Waals surface area contributed by atoms with Crippen LogP contribution in [0.3, 0.4) is 0 Å². The summed E-state index contributed by atoms with van der Waals surface area (Å²) in [5.74, 6) is 0.762. The van der Waals surface area contributed by atoms with Crippen LogP contribution in [0.1, 0.15) is 49.8 Å². The summed E-state index contributed by atoms with van der Waals surface area (Å²) in [5.41, 5.74) is 4.89. The number of aryl methyl sites for hydroxylation is 2. The van der Waals surface area contributed by atoms with Gasteiger partial charge in [-0.3, -0.25) is 0 Å². The fraction of sp³-hybridized carbons (Fsp3) is 0.625. The Labute approximate surface area is 110 Å². The Morgan fingerprint density at radius 3 is 2.71 bits per heavy atom. The van der Waals surface area contributed by atoms with E-state index in [1.54, 1.807) is 11.1 Å². The number of hydrogen-bond acceptors (Lipinski definition) is 0. The molecule has 0 bridgehead atoms. The summed E-state index contributed by atoms with van der Waals surface area (Å²) in [6.07, 6.45) is 7.44. The molecule has 17 heavy (non-hydrogen) atoms. The fourth-order valence-corrected chi connectivity index (χ4v) is 3.26. The van der Waals surface area contributed by atoms with Crippen molar-refractivity contribution >= 4 is 11.6 Å². The van der Waals surface area contributed by atoms with Crippen LogP contribution in [0, 0.1) is 5.41 Å². The van der Waals surface area contributed by atoms with Crippen molar-refractivity contribution in [2.45, 2.75) is 52.4 Å². The van der Waals surface area contributed by atoms with Gasteiger partial charge in [-0.2, -0.15) is 0 Å². The van der Waals surface area contributed by atoms with E-state index in [9.17, 15) is 0 Å². The summed E-state index contributed by atoms with van der Waals surface area (Å²) in [7, 11) is 0. The number of hydrogen-bond donors (Lipinski definition) is 0. The van der Waals surface area contributed by atoms with Gasteiger partial charge in [0.05, 0.1) is 0 Å². The molecular weight excluding hydrogens is 228 g/mol. The minimum absolute atomic E-state index is 0.267. The molecular formula is C16H23Cl. The van der Waals surface area contributed by atoms with Gasteiger partial charge < -0.3 is 0 Å². The van der Waals surface area contributed by atoms with Gasteiger partial charge in [-0.1, -0.05) is 38.5 Å². The van der Waals surface area contributed by atoms with Crippen LogP contribution < -0.4 is 0 Å². The lowest BCUT2D eigenvalue weighted by molar-refractivity contribution is 0.335. The SMILES string of the molecule is CCCC(C)(CCl)Cc1ccc2c(c1)CCC2. The molecule has 0 N–H and O–H groups in total. The molecule has 0 heterocycles. The standard InChI is InChI=1S/C16H23Cl/c1-3-9-16(2,12-17)11-13-7-8-14-5-4-6-15(14)10-13/h7-8,10H,3-6,9,11-12H2,1-2H3. The van der Waals surface area contributed by atoms with E-state index in [0.717, 1.165) is 12.3 Å². The molecule has 0 aromatic heterocycles. The highest BCUT2D eigenvalue weighted by molar-refractivity contribution is 6.18. The molecule has 0 nitrogen and oxygen atoms in total. The summed E-state index contributed by atoms with van der Waals surface area (Å²) in [4.78, 5) is 0. The molecule has 0 saturated heterocycles. The Morgan fingerprint density at radius 1 is 1.24 bits per heavy atom. The van der Waals surface area contributed by atoms with Crippen LogP contribution in [0.4, 0.5) is 0 Å². The Hall–Kier alpha value is -0.490. The van der Waals surface area contributed by atoms with Gasteiger partial charge in [-0.05, 0) is 54.2 Å². The molecule has 0 saturated carbocycles. The van der Waals surface area contributed by atoms with E-state index >= 15 is 0 Å². The molecule has 1 aliphatic carbocycles. The smallest absolute Gasteiger partial charge is 0.0280 e. The molecule has 0 fully saturated rings. The first kappa shape index (κ1) is 13.0. The van der Waals surface area contributed by atoms with Gasteiger partial charge in [0.1, 0.15) is 0 Å².